The van der Waals surface area contributed by atoms with Gasteiger partial charge in [0.05, 0.1) is 19.3 Å². The Hall–Kier alpha value is -0.210. The molecule has 6 nitrogen and oxygen atoms in total. The fraction of sp³-hybridized carbons (Fsp3) is 1.00. The fourth-order valence-corrected chi connectivity index (χ4v) is 2.50. The minimum absolute atomic E-state index is 0.0346. The zero-order chi connectivity index (χ0) is 12.2. The van der Waals surface area contributed by atoms with E-state index >= 15 is 0 Å². The highest BCUT2D eigenvalue weighted by Gasteiger charge is 2.24. The molecule has 0 saturated carbocycles. The maximum atomic E-state index is 11.8. The largest absolute Gasteiger partial charge is 0.391 e. The summed E-state index contributed by atoms with van der Waals surface area (Å²) in [4.78, 5) is 0. The molecular weight excluding hydrogens is 232 g/mol. The van der Waals surface area contributed by atoms with E-state index in [1.54, 1.807) is 0 Å². The van der Waals surface area contributed by atoms with Crippen molar-refractivity contribution in [2.45, 2.75) is 20.0 Å². The molecule has 0 aliphatic carbocycles. The Morgan fingerprint density at radius 2 is 1.94 bits per heavy atom. The van der Waals surface area contributed by atoms with Crippen molar-refractivity contribution < 1.29 is 18.3 Å². The molecule has 1 fully saturated rings. The molecule has 0 aromatic heterocycles. The smallest absolute Gasteiger partial charge is 0.279 e. The molecule has 2 N–H and O–H groups in total. The maximum absolute atomic E-state index is 11.8. The van der Waals surface area contributed by atoms with Gasteiger partial charge in [-0.15, -0.1) is 0 Å². The lowest BCUT2D eigenvalue weighted by atomic mass is 10.1. The van der Waals surface area contributed by atoms with E-state index in [1.807, 2.05) is 13.8 Å². The number of rotatable bonds is 5. The van der Waals surface area contributed by atoms with E-state index < -0.39 is 16.3 Å². The Balaban J connectivity index is 2.44. The third-order valence-corrected chi connectivity index (χ3v) is 4.13. The summed E-state index contributed by atoms with van der Waals surface area (Å²) in [7, 11) is -3.47. The van der Waals surface area contributed by atoms with E-state index in [2.05, 4.69) is 4.72 Å². The standard InChI is InChI=1S/C9H20N2O4S/c1-8(2)9(12)7-10-16(13,14)11-3-5-15-6-4-11/h8-10,12H,3-7H2,1-2H3. The number of nitrogens with zero attached hydrogens (tertiary/aromatic N) is 1. The van der Waals surface area contributed by atoms with Gasteiger partial charge in [-0.2, -0.15) is 17.4 Å². The van der Waals surface area contributed by atoms with Gasteiger partial charge in [0.2, 0.25) is 0 Å². The monoisotopic (exact) mass is 252 g/mol. The highest BCUT2D eigenvalue weighted by molar-refractivity contribution is 7.87. The second-order valence-electron chi connectivity index (χ2n) is 4.18. The molecule has 1 aliphatic rings. The molecule has 0 radical (unpaired) electrons. The van der Waals surface area contributed by atoms with Crippen molar-refractivity contribution >= 4 is 10.2 Å². The van der Waals surface area contributed by atoms with Crippen LogP contribution in [0.2, 0.25) is 0 Å². The third-order valence-electron chi connectivity index (χ3n) is 2.55. The second-order valence-corrected chi connectivity index (χ2v) is 5.93. The first kappa shape index (κ1) is 13.9. The molecule has 96 valence electrons. The van der Waals surface area contributed by atoms with Crippen LogP contribution in [-0.2, 0) is 14.9 Å². The minimum Gasteiger partial charge on any atom is -0.391 e. The normalized spacial score (nSPS) is 21.2. The van der Waals surface area contributed by atoms with Crippen LogP contribution in [0.4, 0.5) is 0 Å². The van der Waals surface area contributed by atoms with Crippen LogP contribution in [0.3, 0.4) is 0 Å². The Kier molecular flexibility index (Phi) is 5.13. The zero-order valence-electron chi connectivity index (χ0n) is 9.72. The maximum Gasteiger partial charge on any atom is 0.279 e. The fourth-order valence-electron chi connectivity index (χ4n) is 1.30. The molecule has 0 bridgehead atoms. The summed E-state index contributed by atoms with van der Waals surface area (Å²) in [5, 5.41) is 9.52. The summed E-state index contributed by atoms with van der Waals surface area (Å²) in [5.41, 5.74) is 0. The van der Waals surface area contributed by atoms with Crippen LogP contribution in [0.15, 0.2) is 0 Å². The molecule has 0 amide bonds. The zero-order valence-corrected chi connectivity index (χ0v) is 10.5. The van der Waals surface area contributed by atoms with E-state index in [0.29, 0.717) is 26.3 Å². The van der Waals surface area contributed by atoms with Crippen LogP contribution in [0.5, 0.6) is 0 Å². The molecule has 0 aromatic carbocycles. The van der Waals surface area contributed by atoms with Crippen LogP contribution >= 0.6 is 0 Å². The van der Waals surface area contributed by atoms with Crippen LogP contribution in [0, 0.1) is 5.92 Å². The summed E-state index contributed by atoms with van der Waals surface area (Å²) >= 11 is 0. The molecule has 0 spiro atoms. The number of morpholine rings is 1. The quantitative estimate of drug-likeness (QED) is 0.669. The van der Waals surface area contributed by atoms with Crippen molar-refractivity contribution in [3.05, 3.63) is 0 Å². The van der Waals surface area contributed by atoms with Crippen molar-refractivity contribution in [2.75, 3.05) is 32.8 Å². The van der Waals surface area contributed by atoms with Gasteiger partial charge in [-0.25, -0.2) is 0 Å². The summed E-state index contributed by atoms with van der Waals surface area (Å²) in [5.74, 6) is 0.0346. The highest BCUT2D eigenvalue weighted by Crippen LogP contribution is 2.04. The first-order valence-corrected chi connectivity index (χ1v) is 6.88. The Bertz CT molecular complexity index is 299. The average molecular weight is 252 g/mol. The van der Waals surface area contributed by atoms with Crippen molar-refractivity contribution in [3.8, 4) is 0 Å². The molecule has 1 unspecified atom stereocenters. The molecule has 7 heteroatoms. The molecule has 1 aliphatic heterocycles. The summed E-state index contributed by atoms with van der Waals surface area (Å²) in [6, 6.07) is 0. The summed E-state index contributed by atoms with van der Waals surface area (Å²) in [6.07, 6.45) is -0.657. The van der Waals surface area contributed by atoms with Crippen LogP contribution < -0.4 is 4.72 Å². The molecule has 1 rings (SSSR count). The Morgan fingerprint density at radius 3 is 2.44 bits per heavy atom. The first-order chi connectivity index (χ1) is 7.43. The predicted molar refractivity (Wildman–Crippen MR) is 60.2 cm³/mol. The average Bonchev–Trinajstić information content (AvgIpc) is 2.27. The van der Waals surface area contributed by atoms with Gasteiger partial charge in [0.25, 0.3) is 10.2 Å². The molecule has 1 atom stereocenters. The number of hydrogen-bond acceptors (Lipinski definition) is 4. The lowest BCUT2D eigenvalue weighted by Crippen LogP contribution is -2.48. The SMILES string of the molecule is CC(C)C(O)CNS(=O)(=O)N1CCOCC1. The van der Waals surface area contributed by atoms with E-state index in [4.69, 9.17) is 4.74 Å². The second kappa shape index (κ2) is 5.92. The van der Waals surface area contributed by atoms with E-state index in [1.165, 1.54) is 4.31 Å². The van der Waals surface area contributed by atoms with Gasteiger partial charge in [0.1, 0.15) is 0 Å². The van der Waals surface area contributed by atoms with Gasteiger partial charge in [-0.1, -0.05) is 13.8 Å². The molecule has 1 heterocycles. The van der Waals surface area contributed by atoms with Crippen LogP contribution in [0.1, 0.15) is 13.8 Å². The van der Waals surface area contributed by atoms with Gasteiger partial charge in [0, 0.05) is 19.6 Å². The minimum atomic E-state index is -3.47. The summed E-state index contributed by atoms with van der Waals surface area (Å²) < 4.78 is 32.3. The van der Waals surface area contributed by atoms with Crippen LogP contribution in [0.25, 0.3) is 0 Å². The Labute approximate surface area is 96.8 Å². The lowest BCUT2D eigenvalue weighted by Gasteiger charge is -2.27. The van der Waals surface area contributed by atoms with Crippen molar-refractivity contribution in [2.24, 2.45) is 5.92 Å². The first-order valence-electron chi connectivity index (χ1n) is 5.44. The van der Waals surface area contributed by atoms with Crippen LogP contribution in [-0.4, -0.2) is 56.8 Å². The van der Waals surface area contributed by atoms with Crippen molar-refractivity contribution in [3.63, 3.8) is 0 Å². The van der Waals surface area contributed by atoms with E-state index in [-0.39, 0.29) is 12.5 Å². The van der Waals surface area contributed by atoms with Gasteiger partial charge in [-0.05, 0) is 5.92 Å². The highest BCUT2D eigenvalue weighted by atomic mass is 32.2. The number of hydrogen-bond donors (Lipinski definition) is 2. The van der Waals surface area contributed by atoms with Gasteiger partial charge >= 0.3 is 0 Å². The molecule has 16 heavy (non-hydrogen) atoms. The number of aliphatic hydroxyl groups excluding tert-OH is 1. The predicted octanol–water partition coefficient (Wildman–Crippen LogP) is -0.830. The molecular formula is C9H20N2O4S. The Morgan fingerprint density at radius 1 is 1.38 bits per heavy atom. The number of ether oxygens (including phenoxy) is 1. The lowest BCUT2D eigenvalue weighted by molar-refractivity contribution is 0.0718. The van der Waals surface area contributed by atoms with E-state index in [0.717, 1.165) is 0 Å². The van der Waals surface area contributed by atoms with Crippen molar-refractivity contribution in [1.82, 2.24) is 9.03 Å². The summed E-state index contributed by atoms with van der Waals surface area (Å²) in [6.45, 7) is 5.32. The number of nitrogens with one attached hydrogen (secondary N) is 1. The molecule has 0 aromatic rings. The topological polar surface area (TPSA) is 78.9 Å². The van der Waals surface area contributed by atoms with Crippen molar-refractivity contribution in [1.29, 1.82) is 0 Å². The molecule has 1 saturated heterocycles. The van der Waals surface area contributed by atoms with Gasteiger partial charge in [0.15, 0.2) is 0 Å². The van der Waals surface area contributed by atoms with Gasteiger partial charge in [-0.3, -0.25) is 0 Å². The van der Waals surface area contributed by atoms with Gasteiger partial charge < -0.3 is 9.84 Å². The van der Waals surface area contributed by atoms with E-state index in [9.17, 15) is 13.5 Å². The number of aliphatic hydroxyl groups is 1. The third kappa shape index (κ3) is 3.99.